The van der Waals surface area contributed by atoms with Gasteiger partial charge in [-0.15, -0.1) is 10.2 Å². The number of carbonyl (C=O) groups excluding carboxylic acids is 1. The van der Waals surface area contributed by atoms with Gasteiger partial charge in [-0.05, 0) is 47.1 Å². The number of nitrogens with zero attached hydrogens (tertiary/aromatic N) is 2. The second kappa shape index (κ2) is 9.56. The van der Waals surface area contributed by atoms with E-state index < -0.39 is 11.2 Å². The Bertz CT molecular complexity index is 1020. The van der Waals surface area contributed by atoms with E-state index in [0.29, 0.717) is 11.0 Å². The van der Waals surface area contributed by atoms with Crippen LogP contribution in [-0.2, 0) is 4.79 Å². The smallest absolute Gasteiger partial charge is 0.232 e. The lowest BCUT2D eigenvalue weighted by Crippen LogP contribution is -2.37. The minimum atomic E-state index is -0.663. The summed E-state index contributed by atoms with van der Waals surface area (Å²) in [6.45, 7) is 8.23. The van der Waals surface area contributed by atoms with Crippen molar-refractivity contribution in [2.24, 2.45) is 11.3 Å². The highest BCUT2D eigenvalue weighted by atomic mass is 32.1. The molecule has 3 aromatic rings. The zero-order valence-electron chi connectivity index (χ0n) is 18.5. The van der Waals surface area contributed by atoms with Gasteiger partial charge in [0.15, 0.2) is 11.6 Å². The first-order valence-electron chi connectivity index (χ1n) is 10.2. The molecule has 0 radical (unpaired) electrons. The van der Waals surface area contributed by atoms with E-state index in [1.165, 1.54) is 24.5 Å². The normalized spacial score (nSPS) is 12.6. The Morgan fingerprint density at radius 2 is 1.84 bits per heavy atom. The van der Waals surface area contributed by atoms with Gasteiger partial charge >= 0.3 is 0 Å². The van der Waals surface area contributed by atoms with Gasteiger partial charge < -0.3 is 10.1 Å². The fourth-order valence-corrected chi connectivity index (χ4v) is 4.16. The summed E-state index contributed by atoms with van der Waals surface area (Å²) in [6.07, 6.45) is 0.854. The number of methoxy groups -OCH3 is 1. The summed E-state index contributed by atoms with van der Waals surface area (Å²) in [5, 5.41) is 11.1. The van der Waals surface area contributed by atoms with E-state index in [0.717, 1.165) is 23.1 Å². The number of ether oxygens (including phenoxy) is 1. The number of carbonyl (C=O) groups is 1. The molecule has 1 amide bonds. The van der Waals surface area contributed by atoms with Crippen LogP contribution in [0.15, 0.2) is 48.0 Å². The Balaban J connectivity index is 1.88. The van der Waals surface area contributed by atoms with Gasteiger partial charge in [-0.1, -0.05) is 69.4 Å². The van der Waals surface area contributed by atoms with Crippen molar-refractivity contribution in [3.05, 3.63) is 59.4 Å². The average molecular weight is 442 g/mol. The molecule has 2 aromatic carbocycles. The first-order chi connectivity index (χ1) is 14.7. The van der Waals surface area contributed by atoms with Crippen molar-refractivity contribution in [3.8, 4) is 16.9 Å². The molecule has 0 bridgehead atoms. The molecule has 0 saturated heterocycles. The maximum Gasteiger partial charge on any atom is 0.232 e. The monoisotopic (exact) mass is 441 g/mol. The second-order valence-electron chi connectivity index (χ2n) is 8.57. The number of hydrogen-bond acceptors (Lipinski definition) is 5. The summed E-state index contributed by atoms with van der Waals surface area (Å²) in [5.41, 5.74) is 3.69. The number of anilines is 1. The lowest BCUT2D eigenvalue weighted by Gasteiger charge is -2.34. The van der Waals surface area contributed by atoms with Crippen LogP contribution in [0.2, 0.25) is 0 Å². The summed E-state index contributed by atoms with van der Waals surface area (Å²) in [5.74, 6) is 0.157. The van der Waals surface area contributed by atoms with Crippen LogP contribution in [0.3, 0.4) is 0 Å². The molecular weight excluding hydrogens is 413 g/mol. The molecule has 0 aliphatic heterocycles. The van der Waals surface area contributed by atoms with Crippen LogP contribution in [0.5, 0.6) is 5.75 Å². The van der Waals surface area contributed by atoms with E-state index in [4.69, 9.17) is 4.74 Å². The highest BCUT2D eigenvalue weighted by molar-refractivity contribution is 7.13. The third kappa shape index (κ3) is 5.28. The first-order valence-corrected chi connectivity index (χ1v) is 11.1. The van der Waals surface area contributed by atoms with Crippen LogP contribution in [0.1, 0.15) is 45.6 Å². The average Bonchev–Trinajstić information content (AvgIpc) is 3.25. The third-order valence-corrected chi connectivity index (χ3v) is 6.15. The Labute approximate surface area is 186 Å². The number of amides is 1. The zero-order valence-corrected chi connectivity index (χ0v) is 19.3. The Kier molecular flexibility index (Phi) is 7.05. The highest BCUT2D eigenvalue weighted by Crippen LogP contribution is 2.41. The lowest BCUT2D eigenvalue weighted by molar-refractivity contribution is -0.125. The molecule has 1 aromatic heterocycles. The van der Waals surface area contributed by atoms with Crippen molar-refractivity contribution in [1.82, 2.24) is 10.2 Å². The van der Waals surface area contributed by atoms with Gasteiger partial charge in [0.2, 0.25) is 11.0 Å². The van der Waals surface area contributed by atoms with Crippen LogP contribution in [0, 0.1) is 17.2 Å². The van der Waals surface area contributed by atoms with E-state index in [1.807, 2.05) is 44.2 Å². The molecular formula is C24H28FN3O2S. The molecule has 164 valence electrons. The lowest BCUT2D eigenvalue weighted by atomic mass is 9.70. The van der Waals surface area contributed by atoms with Crippen LogP contribution >= 0.6 is 11.3 Å². The van der Waals surface area contributed by atoms with E-state index in [-0.39, 0.29) is 17.6 Å². The van der Waals surface area contributed by atoms with Gasteiger partial charge in [-0.25, -0.2) is 4.39 Å². The molecule has 31 heavy (non-hydrogen) atoms. The van der Waals surface area contributed by atoms with Gasteiger partial charge in [-0.2, -0.15) is 0 Å². The Hall–Kier alpha value is -2.80. The molecule has 0 aliphatic rings. The molecule has 1 N–H and O–H groups in total. The molecule has 1 atom stereocenters. The van der Waals surface area contributed by atoms with Gasteiger partial charge in [0.05, 0.1) is 12.5 Å². The number of nitrogens with one attached hydrogen (secondary N) is 1. The standard InChI is InChI=1S/C24H28FN3O2S/c1-15(2)12-19(24(3,4)22(29)27-23-28-26-14-31-23)17-8-6-16(7-9-17)18-10-11-21(30-5)20(25)13-18/h6-11,13-15,19H,12H2,1-5H3,(H,27,28,29). The van der Waals surface area contributed by atoms with Gasteiger partial charge in [0.25, 0.3) is 0 Å². The minimum absolute atomic E-state index is 0.00192. The van der Waals surface area contributed by atoms with Gasteiger partial charge in [0, 0.05) is 0 Å². The van der Waals surface area contributed by atoms with Crippen LogP contribution < -0.4 is 10.1 Å². The quantitative estimate of drug-likeness (QED) is 0.455. The molecule has 0 saturated carbocycles. The summed E-state index contributed by atoms with van der Waals surface area (Å²) in [4.78, 5) is 13.1. The summed E-state index contributed by atoms with van der Waals surface area (Å²) in [7, 11) is 1.45. The fraction of sp³-hybridized carbons (Fsp3) is 0.375. The maximum absolute atomic E-state index is 14.1. The first kappa shape index (κ1) is 22.9. The Morgan fingerprint density at radius 1 is 1.16 bits per heavy atom. The third-order valence-electron chi connectivity index (χ3n) is 5.54. The predicted octanol–water partition coefficient (Wildman–Crippen LogP) is 6.15. The molecule has 3 rings (SSSR count). The largest absolute Gasteiger partial charge is 0.494 e. The maximum atomic E-state index is 14.1. The van der Waals surface area contributed by atoms with Crippen molar-refractivity contribution < 1.29 is 13.9 Å². The summed E-state index contributed by atoms with van der Waals surface area (Å²) >= 11 is 1.30. The molecule has 1 unspecified atom stereocenters. The molecule has 0 spiro atoms. The van der Waals surface area contributed by atoms with Gasteiger partial charge in [-0.3, -0.25) is 4.79 Å². The summed E-state index contributed by atoms with van der Waals surface area (Å²) in [6, 6.07) is 12.9. The molecule has 0 fully saturated rings. The van der Waals surface area contributed by atoms with Crippen LogP contribution in [0.25, 0.3) is 11.1 Å². The number of aromatic nitrogens is 2. The van der Waals surface area contributed by atoms with Crippen molar-refractivity contribution in [3.63, 3.8) is 0 Å². The van der Waals surface area contributed by atoms with Crippen molar-refractivity contribution in [2.75, 3.05) is 12.4 Å². The Morgan fingerprint density at radius 3 is 2.39 bits per heavy atom. The SMILES string of the molecule is COc1ccc(-c2ccc(C(CC(C)C)C(C)(C)C(=O)Nc3nncs3)cc2)cc1F. The van der Waals surface area contributed by atoms with Crippen molar-refractivity contribution in [2.45, 2.75) is 40.0 Å². The second-order valence-corrected chi connectivity index (χ2v) is 9.41. The van der Waals surface area contributed by atoms with E-state index >= 15 is 0 Å². The summed E-state index contributed by atoms with van der Waals surface area (Å²) < 4.78 is 19.1. The predicted molar refractivity (Wildman–Crippen MR) is 123 cm³/mol. The highest BCUT2D eigenvalue weighted by Gasteiger charge is 2.38. The van der Waals surface area contributed by atoms with E-state index in [9.17, 15) is 9.18 Å². The van der Waals surface area contributed by atoms with Crippen molar-refractivity contribution in [1.29, 1.82) is 0 Å². The van der Waals surface area contributed by atoms with Crippen LogP contribution in [-0.4, -0.2) is 23.2 Å². The number of rotatable bonds is 8. The van der Waals surface area contributed by atoms with Crippen molar-refractivity contribution >= 4 is 22.4 Å². The van der Waals surface area contributed by atoms with E-state index in [2.05, 4.69) is 29.4 Å². The van der Waals surface area contributed by atoms with Gasteiger partial charge in [0.1, 0.15) is 5.51 Å². The number of hydrogen-bond donors (Lipinski definition) is 1. The van der Waals surface area contributed by atoms with E-state index in [1.54, 1.807) is 11.6 Å². The van der Waals surface area contributed by atoms with Crippen LogP contribution in [0.4, 0.5) is 9.52 Å². The molecule has 5 nitrogen and oxygen atoms in total. The zero-order chi connectivity index (χ0) is 22.6. The fourth-order valence-electron chi connectivity index (χ4n) is 3.72. The molecule has 0 aliphatic carbocycles. The number of halogens is 1. The topological polar surface area (TPSA) is 64.1 Å². The molecule has 1 heterocycles. The minimum Gasteiger partial charge on any atom is -0.494 e. The molecule has 7 heteroatoms. The number of benzene rings is 2.